The van der Waals surface area contributed by atoms with Crippen molar-refractivity contribution < 1.29 is 9.53 Å². The lowest BCUT2D eigenvalue weighted by atomic mass is 10.2. The molecule has 0 radical (unpaired) electrons. The van der Waals surface area contributed by atoms with Gasteiger partial charge < -0.3 is 15.0 Å². The number of fused-ring (bicyclic) bond motifs is 1. The summed E-state index contributed by atoms with van der Waals surface area (Å²) in [4.78, 5) is 32.4. The maximum Gasteiger partial charge on any atom is 0.322 e. The predicted molar refractivity (Wildman–Crippen MR) is 129 cm³/mol. The predicted octanol–water partition coefficient (Wildman–Crippen LogP) is 5.53. The molecular weight excluding hydrogens is 475 g/mol. The first-order valence-electron chi connectivity index (χ1n) is 9.91. The molecular formula is C22H23Cl3N4O3. The van der Waals surface area contributed by atoms with E-state index in [0.717, 1.165) is 0 Å². The number of hydrogen-bond acceptors (Lipinski definition) is 4. The normalized spacial score (nSPS) is 12.1. The number of benzene rings is 2. The molecule has 0 aliphatic rings. The van der Waals surface area contributed by atoms with Crippen LogP contribution in [0.4, 0.5) is 10.5 Å². The molecule has 1 heterocycles. The lowest BCUT2D eigenvalue weighted by Gasteiger charge is -2.30. The van der Waals surface area contributed by atoms with E-state index in [9.17, 15) is 9.59 Å². The molecule has 0 bridgehead atoms. The van der Waals surface area contributed by atoms with Crippen LogP contribution in [0.15, 0.2) is 41.2 Å². The number of halogens is 3. The van der Waals surface area contributed by atoms with Gasteiger partial charge in [-0.2, -0.15) is 0 Å². The van der Waals surface area contributed by atoms with E-state index in [-0.39, 0.29) is 5.56 Å². The van der Waals surface area contributed by atoms with Crippen LogP contribution in [0.25, 0.3) is 10.9 Å². The summed E-state index contributed by atoms with van der Waals surface area (Å²) >= 11 is 18.5. The van der Waals surface area contributed by atoms with Crippen molar-refractivity contribution in [2.24, 2.45) is 7.05 Å². The second kappa shape index (κ2) is 10.5. The van der Waals surface area contributed by atoms with E-state index in [1.807, 2.05) is 0 Å². The molecule has 0 saturated carbocycles. The third-order valence-electron chi connectivity index (χ3n) is 5.12. The number of carbonyl (C=O) groups excluding carboxylic acids is 1. The van der Waals surface area contributed by atoms with E-state index in [1.54, 1.807) is 62.4 Å². The minimum Gasteiger partial charge on any atom is -0.385 e. The quantitative estimate of drug-likeness (QED) is 0.436. The van der Waals surface area contributed by atoms with Crippen molar-refractivity contribution in [2.75, 3.05) is 25.6 Å². The summed E-state index contributed by atoms with van der Waals surface area (Å²) in [5.74, 6) is 0.419. The van der Waals surface area contributed by atoms with Gasteiger partial charge in [0.25, 0.3) is 5.56 Å². The summed E-state index contributed by atoms with van der Waals surface area (Å²) in [6, 6.07) is 8.92. The van der Waals surface area contributed by atoms with Crippen LogP contribution < -0.4 is 10.9 Å². The van der Waals surface area contributed by atoms with Crippen molar-refractivity contribution in [1.29, 1.82) is 0 Å². The van der Waals surface area contributed by atoms with E-state index < -0.39 is 12.1 Å². The zero-order valence-electron chi connectivity index (χ0n) is 17.9. The van der Waals surface area contributed by atoms with Crippen LogP contribution in [0.2, 0.25) is 15.1 Å². The fourth-order valence-electron chi connectivity index (χ4n) is 3.42. The van der Waals surface area contributed by atoms with Crippen LogP contribution in [0, 0.1) is 0 Å². The number of aromatic nitrogens is 2. The van der Waals surface area contributed by atoms with Gasteiger partial charge in [-0.05, 0) is 43.7 Å². The summed E-state index contributed by atoms with van der Waals surface area (Å²) < 4.78 is 6.59. The Balaban J connectivity index is 2.00. The standard InChI is InChI=1S/C22H23Cl3N4O3/c1-13(20-26-18-12-14(23)8-9-15(18)21(30)28(20)2)29(10-5-11-32-3)22(31)27-19-16(24)6-4-7-17(19)25/h4,6-9,12-13H,5,10-11H2,1-3H3,(H,27,31). The first-order chi connectivity index (χ1) is 15.2. The van der Waals surface area contributed by atoms with Gasteiger partial charge in [0, 0.05) is 32.3 Å². The Kier molecular flexibility index (Phi) is 8.00. The average molecular weight is 498 g/mol. The summed E-state index contributed by atoms with van der Waals surface area (Å²) in [5, 5.41) is 4.35. The van der Waals surface area contributed by atoms with Crippen molar-refractivity contribution >= 4 is 57.4 Å². The van der Waals surface area contributed by atoms with E-state index in [2.05, 4.69) is 10.3 Å². The molecule has 1 unspecified atom stereocenters. The van der Waals surface area contributed by atoms with Crippen molar-refractivity contribution in [2.45, 2.75) is 19.4 Å². The SMILES string of the molecule is COCCCN(C(=O)Nc1c(Cl)cccc1Cl)C(C)c1nc2cc(Cl)ccc2c(=O)n1C. The average Bonchev–Trinajstić information content (AvgIpc) is 2.75. The number of methoxy groups -OCH3 is 1. The smallest absolute Gasteiger partial charge is 0.322 e. The number of anilines is 1. The number of nitrogens with one attached hydrogen (secondary N) is 1. The number of urea groups is 1. The van der Waals surface area contributed by atoms with E-state index in [0.29, 0.717) is 57.1 Å². The van der Waals surface area contributed by atoms with Crippen molar-refractivity contribution in [3.05, 3.63) is 67.6 Å². The lowest BCUT2D eigenvalue weighted by molar-refractivity contribution is 0.158. The Morgan fingerprint density at radius 2 is 1.91 bits per heavy atom. The van der Waals surface area contributed by atoms with Crippen LogP contribution in [-0.2, 0) is 11.8 Å². The minimum absolute atomic E-state index is 0.222. The van der Waals surface area contributed by atoms with Crippen molar-refractivity contribution in [3.63, 3.8) is 0 Å². The molecule has 2 amide bonds. The topological polar surface area (TPSA) is 76.5 Å². The number of carbonyl (C=O) groups is 1. The van der Waals surface area contributed by atoms with Crippen LogP contribution in [-0.4, -0.2) is 40.7 Å². The molecule has 1 aromatic heterocycles. The monoisotopic (exact) mass is 496 g/mol. The Morgan fingerprint density at radius 3 is 2.56 bits per heavy atom. The van der Waals surface area contributed by atoms with Gasteiger partial charge >= 0.3 is 6.03 Å². The Morgan fingerprint density at radius 1 is 1.22 bits per heavy atom. The van der Waals surface area contributed by atoms with Gasteiger partial charge in [0.1, 0.15) is 5.82 Å². The van der Waals surface area contributed by atoms with E-state index >= 15 is 0 Å². The molecule has 7 nitrogen and oxygen atoms in total. The second-order valence-corrected chi connectivity index (χ2v) is 8.49. The maximum absolute atomic E-state index is 13.3. The maximum atomic E-state index is 13.3. The van der Waals surface area contributed by atoms with Crippen LogP contribution in [0.1, 0.15) is 25.2 Å². The highest BCUT2D eigenvalue weighted by atomic mass is 35.5. The largest absolute Gasteiger partial charge is 0.385 e. The van der Waals surface area contributed by atoms with Gasteiger partial charge in [0.2, 0.25) is 0 Å². The van der Waals surface area contributed by atoms with Crippen molar-refractivity contribution in [1.82, 2.24) is 14.5 Å². The van der Waals surface area contributed by atoms with E-state index in [1.165, 1.54) is 4.57 Å². The van der Waals surface area contributed by atoms with Gasteiger partial charge in [-0.1, -0.05) is 40.9 Å². The Hall–Kier alpha value is -2.32. The third-order valence-corrected chi connectivity index (χ3v) is 5.98. The molecule has 3 rings (SSSR count). The minimum atomic E-state index is -0.547. The molecule has 1 N–H and O–H groups in total. The number of nitrogens with zero attached hydrogens (tertiary/aromatic N) is 3. The highest BCUT2D eigenvalue weighted by Crippen LogP contribution is 2.31. The highest BCUT2D eigenvalue weighted by Gasteiger charge is 2.26. The molecule has 1 atom stereocenters. The van der Waals surface area contributed by atoms with Gasteiger partial charge in [0.05, 0.1) is 32.7 Å². The zero-order chi connectivity index (χ0) is 23.4. The molecule has 0 spiro atoms. The fraction of sp³-hybridized carbons (Fsp3) is 0.318. The zero-order valence-corrected chi connectivity index (χ0v) is 20.1. The number of hydrogen-bond donors (Lipinski definition) is 1. The number of rotatable bonds is 7. The Bertz CT molecular complexity index is 1180. The molecule has 0 aliphatic carbocycles. The van der Waals surface area contributed by atoms with Gasteiger partial charge in [0.15, 0.2) is 0 Å². The first kappa shape index (κ1) is 24.3. The van der Waals surface area contributed by atoms with Crippen molar-refractivity contribution in [3.8, 4) is 0 Å². The molecule has 170 valence electrons. The number of para-hydroxylation sites is 1. The lowest BCUT2D eigenvalue weighted by Crippen LogP contribution is -2.40. The summed E-state index contributed by atoms with van der Waals surface area (Å²) in [6.45, 7) is 2.62. The van der Waals surface area contributed by atoms with Gasteiger partial charge in [-0.3, -0.25) is 9.36 Å². The first-order valence-corrected chi connectivity index (χ1v) is 11.0. The van der Waals surface area contributed by atoms with Gasteiger partial charge in [-0.25, -0.2) is 9.78 Å². The molecule has 32 heavy (non-hydrogen) atoms. The van der Waals surface area contributed by atoms with E-state index in [4.69, 9.17) is 39.5 Å². The molecule has 10 heteroatoms. The second-order valence-electron chi connectivity index (χ2n) is 7.24. The molecule has 0 fully saturated rings. The number of ether oxygens (including phenoxy) is 1. The van der Waals surface area contributed by atoms with Crippen LogP contribution >= 0.6 is 34.8 Å². The highest BCUT2D eigenvalue weighted by molar-refractivity contribution is 6.39. The van der Waals surface area contributed by atoms with Gasteiger partial charge in [-0.15, -0.1) is 0 Å². The molecule has 0 saturated heterocycles. The summed E-state index contributed by atoms with van der Waals surface area (Å²) in [5.41, 5.74) is 0.561. The number of amides is 2. The third kappa shape index (κ3) is 5.18. The molecule has 3 aromatic rings. The van der Waals surface area contributed by atoms with Crippen LogP contribution in [0.5, 0.6) is 0 Å². The summed E-state index contributed by atoms with van der Waals surface area (Å²) in [6.07, 6.45) is 0.581. The Labute approximate surface area is 200 Å². The fourth-order valence-corrected chi connectivity index (χ4v) is 4.08. The summed E-state index contributed by atoms with van der Waals surface area (Å²) in [7, 11) is 3.22. The van der Waals surface area contributed by atoms with Crippen LogP contribution in [0.3, 0.4) is 0 Å². The molecule has 2 aromatic carbocycles. The molecule has 0 aliphatic heterocycles.